The minimum atomic E-state index is -0.0907. The van der Waals surface area contributed by atoms with Crippen LogP contribution in [0, 0.1) is 6.92 Å². The van der Waals surface area contributed by atoms with Gasteiger partial charge >= 0.3 is 0 Å². The number of aryl methyl sites for hydroxylation is 1. The normalized spacial score (nSPS) is 12.2. The molecule has 1 atom stereocenters. The Morgan fingerprint density at radius 2 is 1.94 bits per heavy atom. The summed E-state index contributed by atoms with van der Waals surface area (Å²) < 4.78 is 0. The first-order chi connectivity index (χ1) is 7.54. The molecule has 88 valence electrons. The van der Waals surface area contributed by atoms with Crippen LogP contribution in [0.4, 0.5) is 5.69 Å². The fraction of sp³-hybridized carbons (Fsp3) is 0.462. The predicted octanol–water partition coefficient (Wildman–Crippen LogP) is 2.09. The van der Waals surface area contributed by atoms with E-state index in [0.717, 1.165) is 5.69 Å². The number of hydrogen-bond acceptors (Lipinski definition) is 2. The predicted molar refractivity (Wildman–Crippen MR) is 67.5 cm³/mol. The first-order valence-electron chi connectivity index (χ1n) is 5.67. The van der Waals surface area contributed by atoms with E-state index in [1.54, 1.807) is 4.90 Å². The van der Waals surface area contributed by atoms with E-state index in [1.807, 2.05) is 45.0 Å². The van der Waals surface area contributed by atoms with Gasteiger partial charge in [0.2, 0.25) is 5.91 Å². The zero-order valence-electron chi connectivity index (χ0n) is 10.2. The average Bonchev–Trinajstić information content (AvgIpc) is 2.21. The molecule has 16 heavy (non-hydrogen) atoms. The Morgan fingerprint density at radius 1 is 1.38 bits per heavy atom. The summed E-state index contributed by atoms with van der Waals surface area (Å²) in [6.07, 6.45) is 0.391. The highest BCUT2D eigenvalue weighted by Crippen LogP contribution is 2.16. The van der Waals surface area contributed by atoms with Crippen LogP contribution in [0.2, 0.25) is 0 Å². The maximum absolute atomic E-state index is 11.9. The molecule has 1 aromatic carbocycles. The SMILES string of the molecule is CCN(C(=O)CC(C)N)c1ccc(C)cc1. The second kappa shape index (κ2) is 5.66. The van der Waals surface area contributed by atoms with E-state index in [4.69, 9.17) is 5.73 Å². The zero-order chi connectivity index (χ0) is 12.1. The van der Waals surface area contributed by atoms with Gasteiger partial charge in [0.15, 0.2) is 0 Å². The Labute approximate surface area is 97.2 Å². The van der Waals surface area contributed by atoms with E-state index in [0.29, 0.717) is 13.0 Å². The van der Waals surface area contributed by atoms with Gasteiger partial charge in [-0.15, -0.1) is 0 Å². The van der Waals surface area contributed by atoms with E-state index < -0.39 is 0 Å². The van der Waals surface area contributed by atoms with Gasteiger partial charge in [0.05, 0.1) is 0 Å². The minimum absolute atomic E-state index is 0.0846. The highest BCUT2D eigenvalue weighted by Gasteiger charge is 2.14. The molecule has 0 saturated heterocycles. The van der Waals surface area contributed by atoms with Crippen LogP contribution >= 0.6 is 0 Å². The van der Waals surface area contributed by atoms with Crippen molar-refractivity contribution >= 4 is 11.6 Å². The molecule has 0 heterocycles. The van der Waals surface area contributed by atoms with E-state index in [9.17, 15) is 4.79 Å². The van der Waals surface area contributed by atoms with Gasteiger partial charge in [-0.3, -0.25) is 4.79 Å². The highest BCUT2D eigenvalue weighted by molar-refractivity contribution is 5.93. The maximum Gasteiger partial charge on any atom is 0.228 e. The van der Waals surface area contributed by atoms with Crippen LogP contribution < -0.4 is 10.6 Å². The zero-order valence-corrected chi connectivity index (χ0v) is 10.2. The van der Waals surface area contributed by atoms with Crippen molar-refractivity contribution in [2.75, 3.05) is 11.4 Å². The third-order valence-corrected chi connectivity index (χ3v) is 2.46. The molecule has 0 aliphatic heterocycles. The number of hydrogen-bond donors (Lipinski definition) is 1. The van der Waals surface area contributed by atoms with Crippen LogP contribution in [0.5, 0.6) is 0 Å². The highest BCUT2D eigenvalue weighted by atomic mass is 16.2. The summed E-state index contributed by atoms with van der Waals surface area (Å²) >= 11 is 0. The monoisotopic (exact) mass is 220 g/mol. The molecule has 1 amide bonds. The van der Waals surface area contributed by atoms with Crippen LogP contribution in [0.15, 0.2) is 24.3 Å². The first-order valence-corrected chi connectivity index (χ1v) is 5.67. The summed E-state index contributed by atoms with van der Waals surface area (Å²) in [7, 11) is 0. The molecule has 3 heteroatoms. The molecule has 3 nitrogen and oxygen atoms in total. The maximum atomic E-state index is 11.9. The van der Waals surface area contributed by atoms with Crippen molar-refractivity contribution in [2.45, 2.75) is 33.2 Å². The molecule has 0 aromatic heterocycles. The van der Waals surface area contributed by atoms with Gasteiger partial charge in [0.25, 0.3) is 0 Å². The summed E-state index contributed by atoms with van der Waals surface area (Å²) in [6.45, 7) is 6.53. The summed E-state index contributed by atoms with van der Waals surface area (Å²) in [5.74, 6) is 0.0846. The van der Waals surface area contributed by atoms with Crippen molar-refractivity contribution in [1.82, 2.24) is 0 Å². The smallest absolute Gasteiger partial charge is 0.228 e. The van der Waals surface area contributed by atoms with Crippen LogP contribution in [0.1, 0.15) is 25.8 Å². The summed E-state index contributed by atoms with van der Waals surface area (Å²) in [4.78, 5) is 13.7. The average molecular weight is 220 g/mol. The number of amides is 1. The minimum Gasteiger partial charge on any atom is -0.327 e. The van der Waals surface area contributed by atoms with Gasteiger partial charge in [-0.05, 0) is 32.9 Å². The number of carbonyl (C=O) groups is 1. The lowest BCUT2D eigenvalue weighted by atomic mass is 10.2. The molecule has 1 aromatic rings. The van der Waals surface area contributed by atoms with Crippen molar-refractivity contribution in [3.8, 4) is 0 Å². The number of nitrogens with two attached hydrogens (primary N) is 1. The van der Waals surface area contributed by atoms with Crippen molar-refractivity contribution in [1.29, 1.82) is 0 Å². The number of anilines is 1. The Balaban J connectivity index is 2.81. The second-order valence-corrected chi connectivity index (χ2v) is 4.15. The third kappa shape index (κ3) is 3.35. The van der Waals surface area contributed by atoms with Gasteiger partial charge in [0, 0.05) is 24.7 Å². The third-order valence-electron chi connectivity index (χ3n) is 2.46. The summed E-state index contributed by atoms with van der Waals surface area (Å²) in [6, 6.07) is 7.87. The van der Waals surface area contributed by atoms with E-state index in [-0.39, 0.29) is 11.9 Å². The van der Waals surface area contributed by atoms with Crippen LogP contribution in [0.3, 0.4) is 0 Å². The van der Waals surface area contributed by atoms with Crippen LogP contribution in [-0.4, -0.2) is 18.5 Å². The van der Waals surface area contributed by atoms with Crippen molar-refractivity contribution in [2.24, 2.45) is 5.73 Å². The number of rotatable bonds is 4. The first kappa shape index (κ1) is 12.7. The fourth-order valence-corrected chi connectivity index (χ4v) is 1.61. The number of benzene rings is 1. The quantitative estimate of drug-likeness (QED) is 0.844. The van der Waals surface area contributed by atoms with Gasteiger partial charge in [-0.25, -0.2) is 0 Å². The molecule has 1 rings (SSSR count). The molecule has 0 bridgehead atoms. The lowest BCUT2D eigenvalue weighted by Gasteiger charge is -2.22. The molecule has 2 N–H and O–H groups in total. The van der Waals surface area contributed by atoms with Crippen molar-refractivity contribution < 1.29 is 4.79 Å². The number of carbonyl (C=O) groups excluding carboxylic acids is 1. The topological polar surface area (TPSA) is 46.3 Å². The molecule has 0 saturated carbocycles. The van der Waals surface area contributed by atoms with E-state index in [2.05, 4.69) is 0 Å². The second-order valence-electron chi connectivity index (χ2n) is 4.15. The summed E-state index contributed by atoms with van der Waals surface area (Å²) in [5.41, 5.74) is 7.78. The molecule has 0 spiro atoms. The molecule has 0 fully saturated rings. The van der Waals surface area contributed by atoms with Gasteiger partial charge in [-0.1, -0.05) is 17.7 Å². The van der Waals surface area contributed by atoms with Crippen LogP contribution in [0.25, 0.3) is 0 Å². The molecule has 0 radical (unpaired) electrons. The Morgan fingerprint density at radius 3 is 2.38 bits per heavy atom. The Hall–Kier alpha value is -1.35. The van der Waals surface area contributed by atoms with Gasteiger partial charge in [0.1, 0.15) is 0 Å². The number of nitrogens with zero attached hydrogens (tertiary/aromatic N) is 1. The van der Waals surface area contributed by atoms with Crippen molar-refractivity contribution in [3.63, 3.8) is 0 Å². The molecule has 0 aliphatic rings. The molecular formula is C13H20N2O. The van der Waals surface area contributed by atoms with Crippen molar-refractivity contribution in [3.05, 3.63) is 29.8 Å². The largest absolute Gasteiger partial charge is 0.327 e. The Kier molecular flexibility index (Phi) is 4.50. The lowest BCUT2D eigenvalue weighted by molar-refractivity contribution is -0.118. The summed E-state index contributed by atoms with van der Waals surface area (Å²) in [5, 5.41) is 0. The Bertz CT molecular complexity index is 343. The van der Waals surface area contributed by atoms with E-state index in [1.165, 1.54) is 5.56 Å². The molecule has 0 aliphatic carbocycles. The fourth-order valence-electron chi connectivity index (χ4n) is 1.61. The molecule has 1 unspecified atom stereocenters. The van der Waals surface area contributed by atoms with Gasteiger partial charge in [-0.2, -0.15) is 0 Å². The molecular weight excluding hydrogens is 200 g/mol. The van der Waals surface area contributed by atoms with Crippen LogP contribution in [-0.2, 0) is 4.79 Å². The lowest BCUT2D eigenvalue weighted by Crippen LogP contribution is -2.34. The standard InChI is InChI=1S/C13H20N2O/c1-4-15(13(16)9-11(3)14)12-7-5-10(2)6-8-12/h5-8,11H,4,9,14H2,1-3H3. The van der Waals surface area contributed by atoms with E-state index >= 15 is 0 Å². The van der Waals surface area contributed by atoms with Gasteiger partial charge < -0.3 is 10.6 Å².